The van der Waals surface area contributed by atoms with Gasteiger partial charge in [-0.2, -0.15) is 0 Å². The van der Waals surface area contributed by atoms with Crippen LogP contribution in [0.15, 0.2) is 115 Å². The van der Waals surface area contributed by atoms with E-state index in [1.807, 2.05) is 103 Å². The number of hydrogen-bond donors (Lipinski definition) is 1. The van der Waals surface area contributed by atoms with E-state index in [2.05, 4.69) is 17.4 Å². The van der Waals surface area contributed by atoms with E-state index in [4.69, 9.17) is 0 Å². The summed E-state index contributed by atoms with van der Waals surface area (Å²) in [5, 5.41) is 3.19. The molecule has 0 aromatic heterocycles. The Labute approximate surface area is 165 Å². The van der Waals surface area contributed by atoms with Crippen LogP contribution in [-0.4, -0.2) is 5.91 Å². The maximum absolute atomic E-state index is 12.9. The van der Waals surface area contributed by atoms with Crippen LogP contribution in [0.1, 0.15) is 27.5 Å². The molecule has 28 heavy (non-hydrogen) atoms. The van der Waals surface area contributed by atoms with E-state index < -0.39 is 0 Å². The zero-order chi connectivity index (χ0) is 19.2. The highest BCUT2D eigenvalue weighted by Gasteiger charge is 2.17. The van der Waals surface area contributed by atoms with Crippen LogP contribution in [-0.2, 0) is 0 Å². The monoisotopic (exact) mass is 363 g/mol. The fourth-order valence-electron chi connectivity index (χ4n) is 3.31. The van der Waals surface area contributed by atoms with E-state index in [0.717, 1.165) is 22.3 Å². The van der Waals surface area contributed by atoms with Crippen LogP contribution < -0.4 is 5.32 Å². The van der Waals surface area contributed by atoms with Crippen molar-refractivity contribution in [2.24, 2.45) is 0 Å². The van der Waals surface area contributed by atoms with Gasteiger partial charge in [-0.05, 0) is 34.4 Å². The third-order valence-electron chi connectivity index (χ3n) is 4.80. The van der Waals surface area contributed by atoms with Crippen molar-refractivity contribution in [3.05, 3.63) is 132 Å². The molecule has 0 saturated heterocycles. The van der Waals surface area contributed by atoms with Crippen LogP contribution in [0.25, 0.3) is 11.1 Å². The van der Waals surface area contributed by atoms with Crippen molar-refractivity contribution in [2.75, 3.05) is 0 Å². The molecule has 4 aromatic carbocycles. The van der Waals surface area contributed by atoms with Gasteiger partial charge in [-0.25, -0.2) is 0 Å². The second-order valence-corrected chi connectivity index (χ2v) is 6.67. The first-order valence-corrected chi connectivity index (χ1v) is 9.37. The molecule has 1 N–H and O–H groups in total. The Hall–Kier alpha value is -3.65. The van der Waals surface area contributed by atoms with Crippen molar-refractivity contribution in [2.45, 2.75) is 6.04 Å². The van der Waals surface area contributed by atoms with Crippen LogP contribution in [0.4, 0.5) is 0 Å². The molecule has 0 aliphatic rings. The van der Waals surface area contributed by atoms with E-state index >= 15 is 0 Å². The molecule has 0 spiro atoms. The highest BCUT2D eigenvalue weighted by Crippen LogP contribution is 2.23. The van der Waals surface area contributed by atoms with Crippen molar-refractivity contribution in [3.63, 3.8) is 0 Å². The summed E-state index contributed by atoms with van der Waals surface area (Å²) in [4.78, 5) is 12.9. The minimum Gasteiger partial charge on any atom is -0.341 e. The number of benzene rings is 4. The molecule has 4 aromatic rings. The summed E-state index contributed by atoms with van der Waals surface area (Å²) in [6, 6.07) is 37.8. The third kappa shape index (κ3) is 4.02. The molecule has 0 aliphatic carbocycles. The molecule has 0 radical (unpaired) electrons. The average Bonchev–Trinajstić information content (AvgIpc) is 2.79. The lowest BCUT2D eigenvalue weighted by Crippen LogP contribution is -2.29. The van der Waals surface area contributed by atoms with Gasteiger partial charge in [0.1, 0.15) is 0 Å². The van der Waals surface area contributed by atoms with Gasteiger partial charge in [-0.3, -0.25) is 4.79 Å². The van der Waals surface area contributed by atoms with Gasteiger partial charge >= 0.3 is 0 Å². The minimum atomic E-state index is -0.191. The summed E-state index contributed by atoms with van der Waals surface area (Å²) < 4.78 is 0. The predicted molar refractivity (Wildman–Crippen MR) is 114 cm³/mol. The Morgan fingerprint density at radius 1 is 0.536 bits per heavy atom. The lowest BCUT2D eigenvalue weighted by atomic mass is 9.98. The summed E-state index contributed by atoms with van der Waals surface area (Å²) in [6.07, 6.45) is 0. The van der Waals surface area contributed by atoms with E-state index in [1.165, 1.54) is 0 Å². The van der Waals surface area contributed by atoms with Gasteiger partial charge in [-0.15, -0.1) is 0 Å². The number of nitrogens with one attached hydrogen (secondary N) is 1. The number of amides is 1. The fourth-order valence-corrected chi connectivity index (χ4v) is 3.31. The summed E-state index contributed by atoms with van der Waals surface area (Å²) in [7, 11) is 0. The molecule has 0 aliphatic heterocycles. The first-order chi connectivity index (χ1) is 13.8. The van der Waals surface area contributed by atoms with Crippen LogP contribution in [0.5, 0.6) is 0 Å². The molecule has 136 valence electrons. The number of carbonyl (C=O) groups is 1. The predicted octanol–water partition coefficient (Wildman–Crippen LogP) is 5.87. The Bertz CT molecular complexity index is 987. The lowest BCUT2D eigenvalue weighted by molar-refractivity contribution is 0.0943. The summed E-state index contributed by atoms with van der Waals surface area (Å²) >= 11 is 0. The molecule has 0 fully saturated rings. The summed E-state index contributed by atoms with van der Waals surface area (Å²) in [6.45, 7) is 0. The van der Waals surface area contributed by atoms with Gasteiger partial charge < -0.3 is 5.32 Å². The number of hydrogen-bond acceptors (Lipinski definition) is 1. The highest BCUT2D eigenvalue weighted by molar-refractivity contribution is 5.95. The topological polar surface area (TPSA) is 29.1 Å². The first-order valence-electron chi connectivity index (χ1n) is 9.37. The molecule has 0 saturated carbocycles. The number of rotatable bonds is 5. The molecule has 0 atom stereocenters. The van der Waals surface area contributed by atoms with Crippen LogP contribution in [0.3, 0.4) is 0 Å². The SMILES string of the molecule is O=C(NC(c1ccccc1)c1ccccc1)c1ccc(-c2ccccc2)cc1. The number of carbonyl (C=O) groups excluding carboxylic acids is 1. The van der Waals surface area contributed by atoms with Crippen molar-refractivity contribution < 1.29 is 4.79 Å². The largest absolute Gasteiger partial charge is 0.341 e. The first kappa shape index (κ1) is 17.7. The van der Waals surface area contributed by atoms with Gasteiger partial charge in [0.15, 0.2) is 0 Å². The van der Waals surface area contributed by atoms with Gasteiger partial charge in [0.25, 0.3) is 5.91 Å². The molecule has 1 amide bonds. The zero-order valence-electron chi connectivity index (χ0n) is 15.5. The van der Waals surface area contributed by atoms with Crippen LogP contribution in [0.2, 0.25) is 0 Å². The normalized spacial score (nSPS) is 10.6. The lowest BCUT2D eigenvalue weighted by Gasteiger charge is -2.20. The molecule has 4 rings (SSSR count). The van der Waals surface area contributed by atoms with Crippen molar-refractivity contribution >= 4 is 5.91 Å². The molecule has 2 nitrogen and oxygen atoms in total. The fraction of sp³-hybridized carbons (Fsp3) is 0.0385. The quantitative estimate of drug-likeness (QED) is 0.472. The third-order valence-corrected chi connectivity index (χ3v) is 4.80. The van der Waals surface area contributed by atoms with Gasteiger partial charge in [0.05, 0.1) is 6.04 Å². The maximum atomic E-state index is 12.9. The van der Waals surface area contributed by atoms with Gasteiger partial charge in [0, 0.05) is 5.56 Å². The second kappa shape index (κ2) is 8.36. The summed E-state index contributed by atoms with van der Waals surface area (Å²) in [5.41, 5.74) is 5.00. The molecule has 0 bridgehead atoms. The van der Waals surface area contributed by atoms with Gasteiger partial charge in [-0.1, -0.05) is 103 Å². The Balaban J connectivity index is 1.58. The molecular formula is C26H21NO. The smallest absolute Gasteiger partial charge is 0.252 e. The van der Waals surface area contributed by atoms with Crippen LogP contribution >= 0.6 is 0 Å². The maximum Gasteiger partial charge on any atom is 0.252 e. The molecule has 2 heteroatoms. The highest BCUT2D eigenvalue weighted by atomic mass is 16.1. The minimum absolute atomic E-state index is 0.0858. The van der Waals surface area contributed by atoms with E-state index in [9.17, 15) is 4.79 Å². The van der Waals surface area contributed by atoms with Crippen molar-refractivity contribution in [1.29, 1.82) is 0 Å². The van der Waals surface area contributed by atoms with E-state index in [-0.39, 0.29) is 11.9 Å². The average molecular weight is 363 g/mol. The van der Waals surface area contributed by atoms with Crippen molar-refractivity contribution in [3.8, 4) is 11.1 Å². The second-order valence-electron chi connectivity index (χ2n) is 6.67. The summed E-state index contributed by atoms with van der Waals surface area (Å²) in [5.74, 6) is -0.0858. The molecule has 0 unspecified atom stereocenters. The Morgan fingerprint density at radius 2 is 0.964 bits per heavy atom. The van der Waals surface area contributed by atoms with E-state index in [0.29, 0.717) is 5.56 Å². The van der Waals surface area contributed by atoms with Crippen LogP contribution in [0, 0.1) is 0 Å². The molecule has 0 heterocycles. The van der Waals surface area contributed by atoms with Crippen molar-refractivity contribution in [1.82, 2.24) is 5.32 Å². The van der Waals surface area contributed by atoms with Gasteiger partial charge in [0.2, 0.25) is 0 Å². The molecular weight excluding hydrogens is 342 g/mol. The standard InChI is InChI=1S/C26H21NO/c28-26(24-18-16-21(17-19-24)20-10-4-1-5-11-20)27-25(22-12-6-2-7-13-22)23-14-8-3-9-15-23/h1-19,25H,(H,27,28). The van der Waals surface area contributed by atoms with E-state index in [1.54, 1.807) is 0 Å². The Kier molecular flexibility index (Phi) is 5.30. The Morgan fingerprint density at radius 3 is 1.46 bits per heavy atom. The zero-order valence-corrected chi connectivity index (χ0v) is 15.5.